The minimum absolute atomic E-state index is 0.449. The van der Waals surface area contributed by atoms with Crippen molar-refractivity contribution in [3.05, 3.63) is 23.9 Å². The van der Waals surface area contributed by atoms with E-state index < -0.39 is 0 Å². The average Bonchev–Trinajstić information content (AvgIpc) is 2.72. The largest absolute Gasteiger partial charge is 0.475 e. The zero-order valence-electron chi connectivity index (χ0n) is 9.39. The molecule has 1 aliphatic rings. The maximum absolute atomic E-state index is 8.88. The number of likely N-dealkylation sites (N-methyl/N-ethyl adjacent to an activating group) is 1. The minimum atomic E-state index is 0.449. The van der Waals surface area contributed by atoms with Crippen molar-refractivity contribution in [3.8, 4) is 11.9 Å². The van der Waals surface area contributed by atoms with E-state index in [0.29, 0.717) is 24.1 Å². The molecule has 2 rings (SSSR count). The fourth-order valence-electron chi connectivity index (χ4n) is 1.96. The smallest absolute Gasteiger partial charge is 0.231 e. The predicted molar refractivity (Wildman–Crippen MR) is 60.1 cm³/mol. The average molecular weight is 217 g/mol. The van der Waals surface area contributed by atoms with Gasteiger partial charge in [-0.1, -0.05) is 0 Å². The Labute approximate surface area is 95.5 Å². The maximum atomic E-state index is 8.88. The monoisotopic (exact) mass is 217 g/mol. The van der Waals surface area contributed by atoms with E-state index in [1.807, 2.05) is 0 Å². The molecule has 0 aromatic carbocycles. The number of hydrogen-bond donors (Lipinski definition) is 0. The molecule has 0 N–H and O–H groups in total. The first kappa shape index (κ1) is 10.9. The third-order valence-corrected chi connectivity index (χ3v) is 2.98. The number of rotatable bonds is 3. The standard InChI is InChI=1S/C12H15N3O/c1-15-7-3-5-11(15)9-16-12-10(8-13)4-2-6-14-12/h2,4,6,11H,3,5,7,9H2,1H3. The van der Waals surface area contributed by atoms with E-state index in [0.717, 1.165) is 13.0 Å². The van der Waals surface area contributed by atoms with Crippen molar-refractivity contribution in [2.45, 2.75) is 18.9 Å². The van der Waals surface area contributed by atoms with Crippen LogP contribution in [-0.2, 0) is 0 Å². The number of aromatic nitrogens is 1. The van der Waals surface area contributed by atoms with Gasteiger partial charge in [-0.15, -0.1) is 0 Å². The van der Waals surface area contributed by atoms with E-state index in [-0.39, 0.29) is 0 Å². The Morgan fingerprint density at radius 1 is 1.69 bits per heavy atom. The lowest BCUT2D eigenvalue weighted by molar-refractivity contribution is 0.193. The highest BCUT2D eigenvalue weighted by atomic mass is 16.5. The SMILES string of the molecule is CN1CCCC1COc1ncccc1C#N. The molecule has 4 heteroatoms. The highest BCUT2D eigenvalue weighted by molar-refractivity contribution is 5.36. The van der Waals surface area contributed by atoms with Crippen molar-refractivity contribution in [2.24, 2.45) is 0 Å². The van der Waals surface area contributed by atoms with Crippen LogP contribution in [0.4, 0.5) is 0 Å². The Morgan fingerprint density at radius 3 is 3.25 bits per heavy atom. The molecule has 0 radical (unpaired) electrons. The van der Waals surface area contributed by atoms with Gasteiger partial charge < -0.3 is 9.64 Å². The maximum Gasteiger partial charge on any atom is 0.231 e. The minimum Gasteiger partial charge on any atom is -0.475 e. The van der Waals surface area contributed by atoms with Gasteiger partial charge in [-0.2, -0.15) is 5.26 Å². The summed E-state index contributed by atoms with van der Waals surface area (Å²) < 4.78 is 5.61. The first-order chi connectivity index (χ1) is 7.81. The molecule has 4 nitrogen and oxygen atoms in total. The van der Waals surface area contributed by atoms with Crippen molar-refractivity contribution in [2.75, 3.05) is 20.2 Å². The zero-order chi connectivity index (χ0) is 11.4. The number of nitrogens with zero attached hydrogens (tertiary/aromatic N) is 3. The van der Waals surface area contributed by atoms with Gasteiger partial charge >= 0.3 is 0 Å². The molecule has 0 aliphatic carbocycles. The zero-order valence-corrected chi connectivity index (χ0v) is 9.39. The van der Waals surface area contributed by atoms with E-state index in [2.05, 4.69) is 23.0 Å². The molecule has 1 atom stereocenters. The number of likely N-dealkylation sites (tertiary alicyclic amines) is 1. The van der Waals surface area contributed by atoms with E-state index in [1.54, 1.807) is 18.3 Å². The van der Waals surface area contributed by atoms with E-state index >= 15 is 0 Å². The molecule has 0 amide bonds. The second-order valence-electron chi connectivity index (χ2n) is 4.06. The van der Waals surface area contributed by atoms with Gasteiger partial charge in [0.05, 0.1) is 0 Å². The van der Waals surface area contributed by atoms with Gasteiger partial charge in [0.2, 0.25) is 5.88 Å². The topological polar surface area (TPSA) is 49.1 Å². The van der Waals surface area contributed by atoms with Crippen LogP contribution in [0.3, 0.4) is 0 Å². The van der Waals surface area contributed by atoms with Crippen LogP contribution in [0.2, 0.25) is 0 Å². The summed E-state index contributed by atoms with van der Waals surface area (Å²) in [4.78, 5) is 6.36. The molecule has 1 fully saturated rings. The number of hydrogen-bond acceptors (Lipinski definition) is 4. The Hall–Kier alpha value is -1.60. The summed E-state index contributed by atoms with van der Waals surface area (Å²) in [7, 11) is 2.10. The Kier molecular flexibility index (Phi) is 3.37. The van der Waals surface area contributed by atoms with Crippen LogP contribution in [0.1, 0.15) is 18.4 Å². The third kappa shape index (κ3) is 2.31. The van der Waals surface area contributed by atoms with Crippen molar-refractivity contribution in [1.82, 2.24) is 9.88 Å². The molecule has 1 unspecified atom stereocenters. The predicted octanol–water partition coefficient (Wildman–Crippen LogP) is 1.43. The van der Waals surface area contributed by atoms with Crippen LogP contribution in [0, 0.1) is 11.3 Å². The lowest BCUT2D eigenvalue weighted by Gasteiger charge is -2.19. The van der Waals surface area contributed by atoms with Gasteiger partial charge in [0.1, 0.15) is 18.2 Å². The normalized spacial score (nSPS) is 20.6. The summed E-state index contributed by atoms with van der Waals surface area (Å²) in [5, 5.41) is 8.88. The molecule has 84 valence electrons. The second kappa shape index (κ2) is 4.95. The lowest BCUT2D eigenvalue weighted by Crippen LogP contribution is -2.30. The molecule has 1 aromatic rings. The Morgan fingerprint density at radius 2 is 2.56 bits per heavy atom. The van der Waals surface area contributed by atoms with Crippen LogP contribution >= 0.6 is 0 Å². The van der Waals surface area contributed by atoms with Crippen LogP contribution in [-0.4, -0.2) is 36.1 Å². The molecule has 1 aromatic heterocycles. The van der Waals surface area contributed by atoms with Crippen molar-refractivity contribution in [3.63, 3.8) is 0 Å². The molecular formula is C12H15N3O. The van der Waals surface area contributed by atoms with Crippen molar-refractivity contribution in [1.29, 1.82) is 5.26 Å². The number of pyridine rings is 1. The number of nitriles is 1. The van der Waals surface area contributed by atoms with Crippen molar-refractivity contribution >= 4 is 0 Å². The molecular weight excluding hydrogens is 202 g/mol. The summed E-state index contributed by atoms with van der Waals surface area (Å²) in [6.07, 6.45) is 4.03. The fraction of sp³-hybridized carbons (Fsp3) is 0.500. The fourth-order valence-corrected chi connectivity index (χ4v) is 1.96. The van der Waals surface area contributed by atoms with Gasteiger partial charge in [0.25, 0.3) is 0 Å². The first-order valence-corrected chi connectivity index (χ1v) is 5.49. The summed E-state index contributed by atoms with van der Waals surface area (Å²) in [6, 6.07) is 6.00. The van der Waals surface area contributed by atoms with Gasteiger partial charge in [-0.05, 0) is 38.6 Å². The van der Waals surface area contributed by atoms with E-state index in [4.69, 9.17) is 10.00 Å². The van der Waals surface area contributed by atoms with Crippen LogP contribution in [0.5, 0.6) is 5.88 Å². The van der Waals surface area contributed by atoms with E-state index in [9.17, 15) is 0 Å². The molecule has 0 saturated carbocycles. The molecule has 1 aliphatic heterocycles. The molecule has 2 heterocycles. The molecule has 0 bridgehead atoms. The summed E-state index contributed by atoms with van der Waals surface area (Å²) in [5.41, 5.74) is 0.503. The molecule has 1 saturated heterocycles. The highest BCUT2D eigenvalue weighted by Crippen LogP contribution is 2.18. The van der Waals surface area contributed by atoms with Crippen LogP contribution in [0.25, 0.3) is 0 Å². The lowest BCUT2D eigenvalue weighted by atomic mass is 10.2. The highest BCUT2D eigenvalue weighted by Gasteiger charge is 2.21. The Bertz CT molecular complexity index is 399. The third-order valence-electron chi connectivity index (χ3n) is 2.98. The summed E-state index contributed by atoms with van der Waals surface area (Å²) >= 11 is 0. The molecule has 16 heavy (non-hydrogen) atoms. The van der Waals surface area contributed by atoms with Gasteiger partial charge in [0.15, 0.2) is 0 Å². The quantitative estimate of drug-likeness (QED) is 0.768. The van der Waals surface area contributed by atoms with Gasteiger partial charge in [0, 0.05) is 12.2 Å². The number of ether oxygens (including phenoxy) is 1. The second-order valence-corrected chi connectivity index (χ2v) is 4.06. The Balaban J connectivity index is 1.97. The summed E-state index contributed by atoms with van der Waals surface area (Å²) in [5.74, 6) is 0.449. The van der Waals surface area contributed by atoms with Crippen molar-refractivity contribution < 1.29 is 4.74 Å². The first-order valence-electron chi connectivity index (χ1n) is 5.49. The summed E-state index contributed by atoms with van der Waals surface area (Å²) in [6.45, 7) is 1.74. The van der Waals surface area contributed by atoms with Crippen LogP contribution < -0.4 is 4.74 Å². The van der Waals surface area contributed by atoms with Gasteiger partial charge in [-0.3, -0.25) is 0 Å². The molecule has 0 spiro atoms. The van der Waals surface area contributed by atoms with Crippen LogP contribution in [0.15, 0.2) is 18.3 Å². The van der Waals surface area contributed by atoms with E-state index in [1.165, 1.54) is 6.42 Å². The van der Waals surface area contributed by atoms with Gasteiger partial charge in [-0.25, -0.2) is 4.98 Å².